The summed E-state index contributed by atoms with van der Waals surface area (Å²) in [4.78, 5) is 37.6. The zero-order valence-electron chi connectivity index (χ0n) is 14.8. The Morgan fingerprint density at radius 2 is 1.33 bits per heavy atom. The summed E-state index contributed by atoms with van der Waals surface area (Å²) in [6.45, 7) is 11.6. The molecule has 0 spiro atoms. The Kier molecular flexibility index (Phi) is 8.46. The van der Waals surface area contributed by atoms with Gasteiger partial charge in [-0.2, -0.15) is 0 Å². The molecule has 1 aromatic heterocycles. The van der Waals surface area contributed by atoms with Crippen LogP contribution in [-0.4, -0.2) is 22.5 Å². The summed E-state index contributed by atoms with van der Waals surface area (Å²) in [7, 11) is -0.847. The molecule has 0 fully saturated rings. The fourth-order valence-corrected chi connectivity index (χ4v) is 5.52. The van der Waals surface area contributed by atoms with Gasteiger partial charge in [0, 0.05) is 6.17 Å². The topological polar surface area (TPSA) is 66.0 Å². The lowest BCUT2D eigenvalue weighted by Gasteiger charge is -2.17. The molecule has 0 unspecified atom stereocenters. The maximum Gasteiger partial charge on any atom is 0.336 e. The molecule has 0 aliphatic rings. The average Bonchev–Trinajstić information content (AvgIpc) is 2.57. The standard InChI is InChI=1S/C17H28N3O3Si/c1-5-9-13-24(12-8-4)14-20-16(22)18(10-6-2)15(21)19(11-7-3)17(20)23/h6-7H,2-3,5,8-14H2,1,4H3. The molecule has 1 aromatic rings. The fourth-order valence-electron chi connectivity index (χ4n) is 2.68. The number of rotatable bonds is 11. The van der Waals surface area contributed by atoms with E-state index in [9.17, 15) is 14.4 Å². The van der Waals surface area contributed by atoms with E-state index in [1.165, 1.54) is 16.7 Å². The van der Waals surface area contributed by atoms with Crippen LogP contribution in [0.1, 0.15) is 33.1 Å². The first-order valence-electron chi connectivity index (χ1n) is 8.51. The number of hydrogen-bond acceptors (Lipinski definition) is 3. The van der Waals surface area contributed by atoms with Crippen molar-refractivity contribution in [2.24, 2.45) is 0 Å². The van der Waals surface area contributed by atoms with Crippen molar-refractivity contribution in [1.29, 1.82) is 0 Å². The molecule has 0 amide bonds. The predicted molar refractivity (Wildman–Crippen MR) is 100 cm³/mol. The Labute approximate surface area is 144 Å². The van der Waals surface area contributed by atoms with Gasteiger partial charge in [-0.25, -0.2) is 28.1 Å². The minimum atomic E-state index is -0.847. The van der Waals surface area contributed by atoms with Crippen LogP contribution in [0.4, 0.5) is 0 Å². The molecule has 24 heavy (non-hydrogen) atoms. The summed E-state index contributed by atoms with van der Waals surface area (Å²) in [5.74, 6) is 0. The lowest BCUT2D eigenvalue weighted by Crippen LogP contribution is -2.55. The Bertz CT molecular complexity index is 682. The third-order valence-corrected chi connectivity index (χ3v) is 6.91. The molecule has 6 nitrogen and oxygen atoms in total. The molecular formula is C17H28N3O3Si. The Balaban J connectivity index is 3.41. The van der Waals surface area contributed by atoms with Gasteiger partial charge >= 0.3 is 17.1 Å². The molecular weight excluding hydrogens is 322 g/mol. The summed E-state index contributed by atoms with van der Waals surface area (Å²) < 4.78 is 3.39. The second-order valence-electron chi connectivity index (χ2n) is 5.84. The lowest BCUT2D eigenvalue weighted by molar-refractivity contribution is 0.507. The van der Waals surface area contributed by atoms with Crippen LogP contribution in [-0.2, 0) is 19.3 Å². The van der Waals surface area contributed by atoms with E-state index in [-0.39, 0.29) is 13.1 Å². The van der Waals surface area contributed by atoms with Gasteiger partial charge < -0.3 is 0 Å². The largest absolute Gasteiger partial charge is 0.336 e. The summed E-state index contributed by atoms with van der Waals surface area (Å²) in [5, 5.41) is 0. The number of nitrogens with zero attached hydrogens (tertiary/aromatic N) is 3. The molecule has 133 valence electrons. The third-order valence-electron chi connectivity index (χ3n) is 3.88. The van der Waals surface area contributed by atoms with Gasteiger partial charge in [-0.15, -0.1) is 13.2 Å². The first-order valence-corrected chi connectivity index (χ1v) is 10.6. The van der Waals surface area contributed by atoms with Gasteiger partial charge in [0.05, 0.1) is 21.9 Å². The maximum atomic E-state index is 12.6. The molecule has 7 heteroatoms. The van der Waals surface area contributed by atoms with Crippen LogP contribution in [0.5, 0.6) is 0 Å². The SMILES string of the molecule is C=CCn1c(=O)n(CC=C)c(=O)n(C[Si](CCC)CCCC)c1=O. The molecule has 0 saturated heterocycles. The van der Waals surface area contributed by atoms with Crippen LogP contribution in [0.3, 0.4) is 0 Å². The van der Waals surface area contributed by atoms with Crippen molar-refractivity contribution in [3.05, 3.63) is 56.8 Å². The maximum absolute atomic E-state index is 12.6. The number of allylic oxidation sites excluding steroid dienone is 2. The summed E-state index contributed by atoms with van der Waals surface area (Å²) in [5.41, 5.74) is -1.65. The van der Waals surface area contributed by atoms with Crippen molar-refractivity contribution in [3.8, 4) is 0 Å². The normalized spacial score (nSPS) is 11.0. The van der Waals surface area contributed by atoms with E-state index >= 15 is 0 Å². The molecule has 0 saturated carbocycles. The van der Waals surface area contributed by atoms with E-state index in [1.54, 1.807) is 0 Å². The quantitative estimate of drug-likeness (QED) is 0.451. The average molecular weight is 351 g/mol. The number of aromatic nitrogens is 3. The van der Waals surface area contributed by atoms with E-state index in [4.69, 9.17) is 0 Å². The molecule has 1 heterocycles. The molecule has 1 radical (unpaired) electrons. The molecule has 1 rings (SSSR count). The van der Waals surface area contributed by atoms with Crippen molar-refractivity contribution in [2.45, 2.75) is 64.5 Å². The van der Waals surface area contributed by atoms with Gasteiger partial charge in [0.2, 0.25) is 0 Å². The molecule has 0 atom stereocenters. The van der Waals surface area contributed by atoms with Gasteiger partial charge in [0.15, 0.2) is 0 Å². The molecule has 0 N–H and O–H groups in total. The number of unbranched alkanes of at least 4 members (excludes halogenated alkanes) is 1. The van der Waals surface area contributed by atoms with Crippen LogP contribution in [0.2, 0.25) is 12.1 Å². The Morgan fingerprint density at radius 1 is 0.833 bits per heavy atom. The van der Waals surface area contributed by atoms with Crippen molar-refractivity contribution in [3.63, 3.8) is 0 Å². The second kappa shape index (κ2) is 10.1. The zero-order chi connectivity index (χ0) is 18.1. The van der Waals surface area contributed by atoms with Crippen LogP contribution >= 0.6 is 0 Å². The van der Waals surface area contributed by atoms with Crippen molar-refractivity contribution in [1.82, 2.24) is 13.7 Å². The van der Waals surface area contributed by atoms with Gasteiger partial charge in [0.1, 0.15) is 0 Å². The monoisotopic (exact) mass is 350 g/mol. The lowest BCUT2D eigenvalue weighted by atomic mass is 10.4. The Hall–Kier alpha value is -1.89. The van der Waals surface area contributed by atoms with Gasteiger partial charge in [-0.1, -0.05) is 57.4 Å². The van der Waals surface area contributed by atoms with Crippen molar-refractivity contribution >= 4 is 8.80 Å². The highest BCUT2D eigenvalue weighted by Crippen LogP contribution is 2.09. The molecule has 0 aromatic carbocycles. The van der Waals surface area contributed by atoms with E-state index in [1.807, 2.05) is 0 Å². The summed E-state index contributed by atoms with van der Waals surface area (Å²) in [6.07, 6.45) is 6.68. The molecule has 0 aliphatic carbocycles. The summed E-state index contributed by atoms with van der Waals surface area (Å²) in [6, 6.07) is 2.13. The zero-order valence-corrected chi connectivity index (χ0v) is 15.8. The minimum absolute atomic E-state index is 0.0971. The van der Waals surface area contributed by atoms with Gasteiger partial charge in [0.25, 0.3) is 0 Å². The van der Waals surface area contributed by atoms with Crippen molar-refractivity contribution < 1.29 is 0 Å². The highest BCUT2D eigenvalue weighted by molar-refractivity contribution is 6.57. The summed E-state index contributed by atoms with van der Waals surface area (Å²) >= 11 is 0. The fraction of sp³-hybridized carbons (Fsp3) is 0.588. The van der Waals surface area contributed by atoms with E-state index < -0.39 is 25.9 Å². The minimum Gasteiger partial charge on any atom is -0.248 e. The van der Waals surface area contributed by atoms with Gasteiger partial charge in [-0.3, -0.25) is 0 Å². The Morgan fingerprint density at radius 3 is 1.75 bits per heavy atom. The number of hydrogen-bond donors (Lipinski definition) is 0. The predicted octanol–water partition coefficient (Wildman–Crippen LogP) is 1.79. The van der Waals surface area contributed by atoms with Crippen molar-refractivity contribution in [2.75, 3.05) is 0 Å². The first kappa shape index (κ1) is 20.2. The molecule has 0 aliphatic heterocycles. The van der Waals surface area contributed by atoms with E-state index in [0.717, 1.165) is 40.5 Å². The smallest absolute Gasteiger partial charge is 0.248 e. The van der Waals surface area contributed by atoms with Gasteiger partial charge in [-0.05, 0) is 0 Å². The van der Waals surface area contributed by atoms with E-state index in [2.05, 4.69) is 27.0 Å². The first-order chi connectivity index (χ1) is 11.5. The highest BCUT2D eigenvalue weighted by Gasteiger charge is 2.18. The van der Waals surface area contributed by atoms with Crippen LogP contribution in [0.25, 0.3) is 0 Å². The van der Waals surface area contributed by atoms with Crippen LogP contribution in [0.15, 0.2) is 39.7 Å². The van der Waals surface area contributed by atoms with E-state index in [0.29, 0.717) is 6.17 Å². The highest BCUT2D eigenvalue weighted by atomic mass is 28.3. The second-order valence-corrected chi connectivity index (χ2v) is 8.65. The third kappa shape index (κ3) is 4.80. The molecule has 0 bridgehead atoms. The van der Waals surface area contributed by atoms with Crippen LogP contribution in [0, 0.1) is 0 Å². The van der Waals surface area contributed by atoms with Crippen LogP contribution < -0.4 is 17.1 Å².